The molecule has 0 aliphatic carbocycles. The average Bonchev–Trinajstić information content (AvgIpc) is 2.67. The molecule has 1 aromatic carbocycles. The standard InChI is InChI=1S/C11H18N4O/c1-16-11-4-7(2-3-8(11)12)15-10-6-14-5-9(10)13/h2-4,9-10,14-15H,5-6,12-13H2,1H3. The van der Waals surface area contributed by atoms with Crippen molar-refractivity contribution in [3.05, 3.63) is 18.2 Å². The van der Waals surface area contributed by atoms with Gasteiger partial charge in [0.05, 0.1) is 18.8 Å². The molecule has 2 rings (SSSR count). The summed E-state index contributed by atoms with van der Waals surface area (Å²) in [5.41, 5.74) is 13.3. The lowest BCUT2D eigenvalue weighted by molar-refractivity contribution is 0.417. The van der Waals surface area contributed by atoms with Gasteiger partial charge >= 0.3 is 0 Å². The Bertz CT molecular complexity index is 369. The van der Waals surface area contributed by atoms with Gasteiger partial charge in [0.1, 0.15) is 5.75 Å². The summed E-state index contributed by atoms with van der Waals surface area (Å²) < 4.78 is 5.17. The summed E-state index contributed by atoms with van der Waals surface area (Å²) in [7, 11) is 1.61. The van der Waals surface area contributed by atoms with Crippen LogP contribution in [0.3, 0.4) is 0 Å². The zero-order valence-corrected chi connectivity index (χ0v) is 9.36. The average molecular weight is 222 g/mol. The van der Waals surface area contributed by atoms with E-state index in [1.807, 2.05) is 18.2 Å². The minimum Gasteiger partial charge on any atom is -0.495 e. The van der Waals surface area contributed by atoms with Crippen LogP contribution in [0.25, 0.3) is 0 Å². The third-order valence-electron chi connectivity index (χ3n) is 2.85. The van der Waals surface area contributed by atoms with Gasteiger partial charge in [-0.3, -0.25) is 0 Å². The lowest BCUT2D eigenvalue weighted by Crippen LogP contribution is -2.38. The lowest BCUT2D eigenvalue weighted by Gasteiger charge is -2.18. The topological polar surface area (TPSA) is 85.3 Å². The highest BCUT2D eigenvalue weighted by Gasteiger charge is 2.23. The van der Waals surface area contributed by atoms with Crippen LogP contribution in [-0.2, 0) is 0 Å². The van der Waals surface area contributed by atoms with Gasteiger partial charge in [0.15, 0.2) is 0 Å². The van der Waals surface area contributed by atoms with Crippen LogP contribution in [0.15, 0.2) is 18.2 Å². The molecule has 0 radical (unpaired) electrons. The molecule has 1 fully saturated rings. The molecule has 0 bridgehead atoms. The van der Waals surface area contributed by atoms with Crippen LogP contribution in [0.5, 0.6) is 5.75 Å². The third-order valence-corrected chi connectivity index (χ3v) is 2.85. The van der Waals surface area contributed by atoms with E-state index in [9.17, 15) is 0 Å². The van der Waals surface area contributed by atoms with Gasteiger partial charge in [-0.15, -0.1) is 0 Å². The fourth-order valence-corrected chi connectivity index (χ4v) is 1.87. The monoisotopic (exact) mass is 222 g/mol. The second kappa shape index (κ2) is 4.59. The number of nitrogen functional groups attached to an aromatic ring is 1. The summed E-state index contributed by atoms with van der Waals surface area (Å²) in [4.78, 5) is 0. The highest BCUT2D eigenvalue weighted by Crippen LogP contribution is 2.25. The lowest BCUT2D eigenvalue weighted by atomic mass is 10.1. The Balaban J connectivity index is 2.09. The van der Waals surface area contributed by atoms with E-state index in [4.69, 9.17) is 16.2 Å². The largest absolute Gasteiger partial charge is 0.495 e. The molecule has 1 aliphatic rings. The van der Waals surface area contributed by atoms with Crippen molar-refractivity contribution in [3.63, 3.8) is 0 Å². The minimum absolute atomic E-state index is 0.142. The maximum atomic E-state index is 5.95. The summed E-state index contributed by atoms with van der Waals surface area (Å²) in [6.45, 7) is 1.73. The Morgan fingerprint density at radius 3 is 2.88 bits per heavy atom. The summed E-state index contributed by atoms with van der Waals surface area (Å²) >= 11 is 0. The molecule has 16 heavy (non-hydrogen) atoms. The van der Waals surface area contributed by atoms with Crippen LogP contribution in [0, 0.1) is 0 Å². The molecule has 0 amide bonds. The van der Waals surface area contributed by atoms with Gasteiger partial charge in [-0.05, 0) is 12.1 Å². The van der Waals surface area contributed by atoms with Crippen molar-refractivity contribution in [2.24, 2.45) is 5.73 Å². The van der Waals surface area contributed by atoms with Crippen molar-refractivity contribution in [2.45, 2.75) is 12.1 Å². The van der Waals surface area contributed by atoms with E-state index < -0.39 is 0 Å². The second-order valence-electron chi connectivity index (χ2n) is 4.03. The molecule has 2 atom stereocenters. The summed E-state index contributed by atoms with van der Waals surface area (Å²) in [5.74, 6) is 0.685. The van der Waals surface area contributed by atoms with E-state index in [0.29, 0.717) is 11.4 Å². The van der Waals surface area contributed by atoms with E-state index in [1.54, 1.807) is 7.11 Å². The van der Waals surface area contributed by atoms with Gasteiger partial charge in [0, 0.05) is 30.9 Å². The maximum absolute atomic E-state index is 5.95. The minimum atomic E-state index is 0.142. The van der Waals surface area contributed by atoms with Crippen molar-refractivity contribution in [3.8, 4) is 5.75 Å². The molecule has 5 heteroatoms. The van der Waals surface area contributed by atoms with Gasteiger partial charge in [0.2, 0.25) is 0 Å². The van der Waals surface area contributed by atoms with Crippen molar-refractivity contribution in [1.82, 2.24) is 5.32 Å². The number of nitrogens with two attached hydrogens (primary N) is 2. The van der Waals surface area contributed by atoms with E-state index in [0.717, 1.165) is 18.8 Å². The number of hydrogen-bond acceptors (Lipinski definition) is 5. The van der Waals surface area contributed by atoms with Gasteiger partial charge < -0.3 is 26.8 Å². The van der Waals surface area contributed by atoms with Crippen molar-refractivity contribution < 1.29 is 4.74 Å². The SMILES string of the molecule is COc1cc(NC2CNCC2N)ccc1N. The number of benzene rings is 1. The number of nitrogens with one attached hydrogen (secondary N) is 2. The van der Waals surface area contributed by atoms with Gasteiger partial charge in [-0.1, -0.05) is 0 Å². The first-order valence-electron chi connectivity index (χ1n) is 5.37. The van der Waals surface area contributed by atoms with Crippen LogP contribution < -0.4 is 26.8 Å². The molecular formula is C11H18N4O. The number of methoxy groups -OCH3 is 1. The number of ether oxygens (including phenoxy) is 1. The van der Waals surface area contributed by atoms with E-state index in [1.165, 1.54) is 0 Å². The fourth-order valence-electron chi connectivity index (χ4n) is 1.87. The first-order valence-corrected chi connectivity index (χ1v) is 5.37. The number of anilines is 2. The van der Waals surface area contributed by atoms with Gasteiger partial charge in [-0.2, -0.15) is 0 Å². The Morgan fingerprint density at radius 1 is 1.44 bits per heavy atom. The second-order valence-corrected chi connectivity index (χ2v) is 4.03. The molecule has 0 spiro atoms. The maximum Gasteiger partial charge on any atom is 0.143 e. The van der Waals surface area contributed by atoms with Gasteiger partial charge in [0.25, 0.3) is 0 Å². The van der Waals surface area contributed by atoms with Crippen LogP contribution >= 0.6 is 0 Å². The Morgan fingerprint density at radius 2 is 2.25 bits per heavy atom. The fraction of sp³-hybridized carbons (Fsp3) is 0.455. The predicted molar refractivity (Wildman–Crippen MR) is 65.7 cm³/mol. The highest BCUT2D eigenvalue weighted by atomic mass is 16.5. The quantitative estimate of drug-likeness (QED) is 0.540. The van der Waals surface area contributed by atoms with Crippen LogP contribution in [0.1, 0.15) is 0 Å². The Hall–Kier alpha value is -1.46. The Labute approximate surface area is 95.1 Å². The summed E-state index contributed by atoms with van der Waals surface area (Å²) in [6, 6.07) is 6.05. The smallest absolute Gasteiger partial charge is 0.143 e. The molecule has 5 nitrogen and oxygen atoms in total. The highest BCUT2D eigenvalue weighted by molar-refractivity contribution is 5.61. The van der Waals surface area contributed by atoms with E-state index >= 15 is 0 Å². The first kappa shape index (κ1) is 11.0. The van der Waals surface area contributed by atoms with Crippen LogP contribution in [-0.4, -0.2) is 32.3 Å². The molecule has 2 unspecified atom stereocenters. The number of hydrogen-bond donors (Lipinski definition) is 4. The molecule has 88 valence electrons. The molecule has 1 aliphatic heterocycles. The molecule has 1 heterocycles. The molecular weight excluding hydrogens is 204 g/mol. The van der Waals surface area contributed by atoms with Crippen LogP contribution in [0.2, 0.25) is 0 Å². The van der Waals surface area contributed by atoms with Gasteiger partial charge in [-0.25, -0.2) is 0 Å². The summed E-state index contributed by atoms with van der Waals surface area (Å²) in [5, 5.41) is 6.61. The molecule has 0 aromatic heterocycles. The van der Waals surface area contributed by atoms with Crippen molar-refractivity contribution >= 4 is 11.4 Å². The molecule has 1 saturated heterocycles. The van der Waals surface area contributed by atoms with E-state index in [2.05, 4.69) is 10.6 Å². The first-order chi connectivity index (χ1) is 7.70. The Kier molecular flexibility index (Phi) is 3.17. The van der Waals surface area contributed by atoms with Crippen LogP contribution in [0.4, 0.5) is 11.4 Å². The zero-order chi connectivity index (χ0) is 11.5. The predicted octanol–water partition coefficient (Wildman–Crippen LogP) is -0.0116. The van der Waals surface area contributed by atoms with E-state index in [-0.39, 0.29) is 12.1 Å². The number of rotatable bonds is 3. The van der Waals surface area contributed by atoms with Crippen molar-refractivity contribution in [1.29, 1.82) is 0 Å². The molecule has 1 aromatic rings. The summed E-state index contributed by atoms with van der Waals surface area (Å²) in [6.07, 6.45) is 0. The normalized spacial score (nSPS) is 24.4. The third kappa shape index (κ3) is 2.20. The molecule has 0 saturated carbocycles. The van der Waals surface area contributed by atoms with Crippen molar-refractivity contribution in [2.75, 3.05) is 31.2 Å². The zero-order valence-electron chi connectivity index (χ0n) is 9.36. The molecule has 6 N–H and O–H groups in total.